The monoisotopic (exact) mass is 225 g/mol. The van der Waals surface area contributed by atoms with Crippen LogP contribution in [0.15, 0.2) is 6.20 Å². The van der Waals surface area contributed by atoms with E-state index in [9.17, 15) is 4.79 Å². The van der Waals surface area contributed by atoms with Crippen molar-refractivity contribution in [2.75, 3.05) is 33.2 Å². The first kappa shape index (κ1) is 10.7. The summed E-state index contributed by atoms with van der Waals surface area (Å²) in [6.45, 7) is 5.29. The van der Waals surface area contributed by atoms with E-state index >= 15 is 0 Å². The van der Waals surface area contributed by atoms with E-state index in [1.807, 2.05) is 0 Å². The summed E-state index contributed by atoms with van der Waals surface area (Å²) in [5, 5.41) is 1.04. The Morgan fingerprint density at radius 1 is 1.47 bits per heavy atom. The molecular formula is C10H15N3OS. The molecule has 1 aliphatic rings. The Morgan fingerprint density at radius 3 is 2.80 bits per heavy atom. The van der Waals surface area contributed by atoms with E-state index in [4.69, 9.17) is 0 Å². The maximum atomic E-state index is 10.5. The molecule has 0 radical (unpaired) electrons. The van der Waals surface area contributed by atoms with Crippen molar-refractivity contribution in [3.8, 4) is 0 Å². The topological polar surface area (TPSA) is 36.4 Å². The van der Waals surface area contributed by atoms with Crippen LogP contribution >= 0.6 is 11.3 Å². The maximum absolute atomic E-state index is 10.5. The Kier molecular flexibility index (Phi) is 3.45. The van der Waals surface area contributed by atoms with Crippen LogP contribution in [-0.4, -0.2) is 54.3 Å². The molecule has 2 heterocycles. The molecule has 5 heteroatoms. The molecule has 0 aromatic carbocycles. The fourth-order valence-corrected chi connectivity index (χ4v) is 2.43. The second kappa shape index (κ2) is 4.83. The van der Waals surface area contributed by atoms with Crippen LogP contribution in [0.4, 0.5) is 0 Å². The molecule has 1 aliphatic heterocycles. The summed E-state index contributed by atoms with van der Waals surface area (Å²) in [7, 11) is 2.14. The third kappa shape index (κ3) is 2.84. The molecule has 0 atom stereocenters. The van der Waals surface area contributed by atoms with Gasteiger partial charge in [0.25, 0.3) is 0 Å². The van der Waals surface area contributed by atoms with Crippen LogP contribution in [0.5, 0.6) is 0 Å². The minimum Gasteiger partial charge on any atom is -0.304 e. The number of carbonyl (C=O) groups excluding carboxylic acids is 1. The van der Waals surface area contributed by atoms with Crippen molar-refractivity contribution in [2.45, 2.75) is 6.54 Å². The summed E-state index contributed by atoms with van der Waals surface area (Å²) in [6.07, 6.45) is 2.52. The van der Waals surface area contributed by atoms with Crippen LogP contribution in [0, 0.1) is 0 Å². The standard InChI is InChI=1S/C10H15N3OS/c1-12-2-4-13(5-3-12)7-10-11-6-9(8-14)15-10/h6,8H,2-5,7H2,1H3. The normalized spacial score (nSPS) is 19.3. The van der Waals surface area contributed by atoms with Gasteiger partial charge >= 0.3 is 0 Å². The van der Waals surface area contributed by atoms with Gasteiger partial charge in [-0.2, -0.15) is 0 Å². The second-order valence-corrected chi connectivity index (χ2v) is 5.00. The lowest BCUT2D eigenvalue weighted by Gasteiger charge is -2.31. The minimum absolute atomic E-state index is 0.721. The zero-order valence-electron chi connectivity index (χ0n) is 8.85. The lowest BCUT2D eigenvalue weighted by Crippen LogP contribution is -2.43. The van der Waals surface area contributed by atoms with E-state index in [2.05, 4.69) is 21.8 Å². The Labute approximate surface area is 93.5 Å². The number of hydrogen-bond donors (Lipinski definition) is 0. The number of thiazole rings is 1. The molecule has 0 bridgehead atoms. The summed E-state index contributed by atoms with van der Waals surface area (Å²) >= 11 is 1.49. The Bertz CT molecular complexity index is 331. The first-order valence-corrected chi connectivity index (χ1v) is 5.90. The third-order valence-corrected chi connectivity index (χ3v) is 3.55. The van der Waals surface area contributed by atoms with Gasteiger partial charge in [-0.15, -0.1) is 11.3 Å². The number of hydrogen-bond acceptors (Lipinski definition) is 5. The van der Waals surface area contributed by atoms with Crippen LogP contribution < -0.4 is 0 Å². The van der Waals surface area contributed by atoms with Gasteiger partial charge < -0.3 is 4.90 Å². The fraction of sp³-hybridized carbons (Fsp3) is 0.600. The zero-order chi connectivity index (χ0) is 10.7. The summed E-state index contributed by atoms with van der Waals surface area (Å²) in [5.74, 6) is 0. The van der Waals surface area contributed by atoms with Gasteiger partial charge in [0.2, 0.25) is 0 Å². The van der Waals surface area contributed by atoms with E-state index < -0.39 is 0 Å². The summed E-state index contributed by atoms with van der Waals surface area (Å²) < 4.78 is 0. The Hall–Kier alpha value is -0.780. The van der Waals surface area contributed by atoms with Gasteiger partial charge in [0.05, 0.1) is 11.4 Å². The van der Waals surface area contributed by atoms with Crippen molar-refractivity contribution in [1.29, 1.82) is 0 Å². The van der Waals surface area contributed by atoms with Crippen molar-refractivity contribution < 1.29 is 4.79 Å². The van der Waals surface area contributed by atoms with Gasteiger partial charge in [0.15, 0.2) is 6.29 Å². The van der Waals surface area contributed by atoms with E-state index in [1.54, 1.807) is 6.20 Å². The number of nitrogens with zero attached hydrogens (tertiary/aromatic N) is 3. The zero-order valence-corrected chi connectivity index (χ0v) is 9.66. The SMILES string of the molecule is CN1CCN(Cc2ncc(C=O)s2)CC1. The maximum Gasteiger partial charge on any atom is 0.161 e. The van der Waals surface area contributed by atoms with Crippen molar-refractivity contribution >= 4 is 17.6 Å². The largest absolute Gasteiger partial charge is 0.304 e. The van der Waals surface area contributed by atoms with Crippen molar-refractivity contribution in [1.82, 2.24) is 14.8 Å². The number of likely N-dealkylation sites (N-methyl/N-ethyl adjacent to an activating group) is 1. The number of aldehydes is 1. The van der Waals surface area contributed by atoms with Crippen LogP contribution in [0.3, 0.4) is 0 Å². The molecule has 0 spiro atoms. The molecule has 0 unspecified atom stereocenters. The van der Waals surface area contributed by atoms with Crippen molar-refractivity contribution in [2.24, 2.45) is 0 Å². The van der Waals surface area contributed by atoms with Gasteiger partial charge in [0, 0.05) is 32.4 Å². The molecule has 0 amide bonds. The van der Waals surface area contributed by atoms with Gasteiger partial charge in [0.1, 0.15) is 5.01 Å². The Morgan fingerprint density at radius 2 is 2.20 bits per heavy atom. The van der Waals surface area contributed by atoms with Crippen LogP contribution in [-0.2, 0) is 6.54 Å². The first-order chi connectivity index (χ1) is 7.28. The predicted molar refractivity (Wildman–Crippen MR) is 60.3 cm³/mol. The lowest BCUT2D eigenvalue weighted by molar-refractivity contribution is 0.112. The van der Waals surface area contributed by atoms with Crippen LogP contribution in [0.2, 0.25) is 0 Å². The average molecular weight is 225 g/mol. The molecule has 1 aromatic rings. The van der Waals surface area contributed by atoms with Crippen LogP contribution in [0.1, 0.15) is 14.7 Å². The first-order valence-electron chi connectivity index (χ1n) is 5.09. The van der Waals surface area contributed by atoms with E-state index in [-0.39, 0.29) is 0 Å². The lowest BCUT2D eigenvalue weighted by atomic mass is 10.3. The summed E-state index contributed by atoms with van der Waals surface area (Å²) in [6, 6.07) is 0. The van der Waals surface area contributed by atoms with Gasteiger partial charge in [-0.25, -0.2) is 4.98 Å². The summed E-state index contributed by atoms with van der Waals surface area (Å²) in [4.78, 5) is 20.2. The number of rotatable bonds is 3. The highest BCUT2D eigenvalue weighted by atomic mass is 32.1. The quantitative estimate of drug-likeness (QED) is 0.710. The Balaban J connectivity index is 1.88. The minimum atomic E-state index is 0.721. The van der Waals surface area contributed by atoms with Crippen molar-refractivity contribution in [3.63, 3.8) is 0 Å². The molecular weight excluding hydrogens is 210 g/mol. The van der Waals surface area contributed by atoms with E-state index in [0.717, 1.165) is 48.9 Å². The number of aromatic nitrogens is 1. The molecule has 0 aliphatic carbocycles. The summed E-state index contributed by atoms with van der Waals surface area (Å²) in [5.41, 5.74) is 0. The van der Waals surface area contributed by atoms with Gasteiger partial charge in [-0.1, -0.05) is 0 Å². The highest BCUT2D eigenvalue weighted by Gasteiger charge is 2.15. The fourth-order valence-electron chi connectivity index (χ4n) is 1.65. The van der Waals surface area contributed by atoms with Gasteiger partial charge in [-0.3, -0.25) is 9.69 Å². The molecule has 1 fully saturated rings. The number of carbonyl (C=O) groups is 1. The van der Waals surface area contributed by atoms with Gasteiger partial charge in [-0.05, 0) is 7.05 Å². The number of piperazine rings is 1. The van der Waals surface area contributed by atoms with Crippen molar-refractivity contribution in [3.05, 3.63) is 16.1 Å². The molecule has 1 aromatic heterocycles. The average Bonchev–Trinajstić information content (AvgIpc) is 2.69. The highest BCUT2D eigenvalue weighted by Crippen LogP contribution is 2.13. The second-order valence-electron chi connectivity index (χ2n) is 3.85. The van der Waals surface area contributed by atoms with E-state index in [0.29, 0.717) is 0 Å². The predicted octanol–water partition coefficient (Wildman–Crippen LogP) is 0.703. The third-order valence-electron chi connectivity index (χ3n) is 2.64. The molecule has 82 valence electrons. The smallest absolute Gasteiger partial charge is 0.161 e. The van der Waals surface area contributed by atoms with Crippen LogP contribution in [0.25, 0.3) is 0 Å². The molecule has 0 N–H and O–H groups in total. The molecule has 0 saturated carbocycles. The highest BCUT2D eigenvalue weighted by molar-refractivity contribution is 7.13. The molecule has 2 rings (SSSR count). The molecule has 4 nitrogen and oxygen atoms in total. The molecule has 1 saturated heterocycles. The molecule has 15 heavy (non-hydrogen) atoms. The van der Waals surface area contributed by atoms with E-state index in [1.165, 1.54) is 11.3 Å².